The number of aryl methyl sites for hydroxylation is 1. The molecule has 5 nitrogen and oxygen atoms in total. The summed E-state index contributed by atoms with van der Waals surface area (Å²) in [5, 5.41) is 12.4. The van der Waals surface area contributed by atoms with E-state index >= 15 is 0 Å². The molecular formula is C21H18N4OS. The van der Waals surface area contributed by atoms with Crippen LogP contribution in [0.25, 0.3) is 27.8 Å². The zero-order valence-corrected chi connectivity index (χ0v) is 15.8. The summed E-state index contributed by atoms with van der Waals surface area (Å²) in [6.45, 7) is 3.49. The number of rotatable bonds is 3. The first-order valence-electron chi connectivity index (χ1n) is 8.59. The molecular weight excluding hydrogens is 356 g/mol. The van der Waals surface area contributed by atoms with Gasteiger partial charge in [0.2, 0.25) is 5.91 Å². The number of hydrogen-bond acceptors (Lipinski definition) is 3. The van der Waals surface area contributed by atoms with Gasteiger partial charge in [-0.05, 0) is 54.4 Å². The van der Waals surface area contributed by atoms with Crippen LogP contribution in [-0.4, -0.2) is 20.7 Å². The Hall–Kier alpha value is -3.25. The van der Waals surface area contributed by atoms with Gasteiger partial charge in [-0.25, -0.2) is 0 Å². The van der Waals surface area contributed by atoms with E-state index in [9.17, 15) is 4.79 Å². The van der Waals surface area contributed by atoms with Crippen LogP contribution in [0.3, 0.4) is 0 Å². The van der Waals surface area contributed by atoms with Crippen LogP contribution in [0.1, 0.15) is 12.5 Å². The minimum absolute atomic E-state index is 0.0967. The van der Waals surface area contributed by atoms with Crippen molar-refractivity contribution in [2.75, 3.05) is 5.32 Å². The number of H-pyrrole nitrogens is 1. The summed E-state index contributed by atoms with van der Waals surface area (Å²) in [7, 11) is 0. The van der Waals surface area contributed by atoms with Gasteiger partial charge in [0.25, 0.3) is 0 Å². The van der Waals surface area contributed by atoms with Crippen LogP contribution in [0.15, 0.2) is 60.7 Å². The number of anilines is 1. The predicted molar refractivity (Wildman–Crippen MR) is 111 cm³/mol. The molecule has 0 aliphatic rings. The number of amides is 1. The van der Waals surface area contributed by atoms with E-state index in [-0.39, 0.29) is 5.91 Å². The first kappa shape index (κ1) is 17.2. The van der Waals surface area contributed by atoms with Crippen molar-refractivity contribution in [1.29, 1.82) is 0 Å². The quantitative estimate of drug-likeness (QED) is 0.495. The molecule has 1 amide bonds. The number of fused-ring (bicyclic) bond motifs is 1. The average Bonchev–Trinajstić information content (AvgIpc) is 3.02. The Kier molecular flexibility index (Phi) is 4.33. The van der Waals surface area contributed by atoms with E-state index in [1.807, 2.05) is 54.0 Å². The van der Waals surface area contributed by atoms with Crippen molar-refractivity contribution >= 4 is 34.6 Å². The van der Waals surface area contributed by atoms with Gasteiger partial charge in [-0.3, -0.25) is 14.5 Å². The maximum Gasteiger partial charge on any atom is 0.221 e. The van der Waals surface area contributed by atoms with E-state index in [0.29, 0.717) is 4.77 Å². The van der Waals surface area contributed by atoms with Gasteiger partial charge in [-0.2, -0.15) is 5.10 Å². The summed E-state index contributed by atoms with van der Waals surface area (Å²) in [5.74, 6) is 0.642. The molecule has 0 bridgehead atoms. The molecule has 0 fully saturated rings. The van der Waals surface area contributed by atoms with Gasteiger partial charge in [0, 0.05) is 23.6 Å². The molecule has 0 aliphatic carbocycles. The second kappa shape index (κ2) is 6.81. The van der Waals surface area contributed by atoms with E-state index in [1.165, 1.54) is 6.92 Å². The molecule has 2 N–H and O–H groups in total. The van der Waals surface area contributed by atoms with Gasteiger partial charge in [0.15, 0.2) is 10.6 Å². The number of nitrogens with one attached hydrogen (secondary N) is 2. The fourth-order valence-electron chi connectivity index (χ4n) is 3.30. The first-order valence-corrected chi connectivity index (χ1v) is 8.99. The van der Waals surface area contributed by atoms with E-state index in [2.05, 4.69) is 33.7 Å². The molecule has 1 aromatic heterocycles. The maximum absolute atomic E-state index is 11.3. The van der Waals surface area contributed by atoms with Crippen molar-refractivity contribution in [3.8, 4) is 17.1 Å². The minimum Gasteiger partial charge on any atom is -0.326 e. The minimum atomic E-state index is -0.0967. The molecule has 0 radical (unpaired) electrons. The molecule has 0 aliphatic heterocycles. The van der Waals surface area contributed by atoms with Crippen LogP contribution in [-0.2, 0) is 4.79 Å². The van der Waals surface area contributed by atoms with E-state index in [1.54, 1.807) is 0 Å². The lowest BCUT2D eigenvalue weighted by atomic mass is 10.1. The molecule has 1 heterocycles. The van der Waals surface area contributed by atoms with Crippen LogP contribution in [0.5, 0.6) is 0 Å². The van der Waals surface area contributed by atoms with Crippen molar-refractivity contribution < 1.29 is 4.79 Å². The number of carbonyl (C=O) groups is 1. The van der Waals surface area contributed by atoms with E-state index in [4.69, 9.17) is 12.2 Å². The fourth-order valence-corrected chi connectivity index (χ4v) is 3.53. The highest BCUT2D eigenvalue weighted by molar-refractivity contribution is 7.71. The molecule has 0 saturated carbocycles. The number of aromatic nitrogens is 3. The number of nitrogens with zero attached hydrogens (tertiary/aromatic N) is 2. The molecule has 0 unspecified atom stereocenters. The summed E-state index contributed by atoms with van der Waals surface area (Å²) in [5.41, 5.74) is 3.68. The molecule has 0 saturated heterocycles. The van der Waals surface area contributed by atoms with Gasteiger partial charge < -0.3 is 5.32 Å². The molecule has 0 atom stereocenters. The standard InChI is InChI=1S/C21H18N4OS/c1-13-12-16(22-14(2)26)10-11-17(13)20-23-24-21(27)25(20)19-9-5-7-15-6-3-4-8-18(15)19/h3-12H,1-2H3,(H,22,26)(H,24,27). The molecule has 4 rings (SSSR count). The first-order chi connectivity index (χ1) is 13.0. The fraction of sp³-hybridized carbons (Fsp3) is 0.0952. The highest BCUT2D eigenvalue weighted by atomic mass is 32.1. The highest BCUT2D eigenvalue weighted by Gasteiger charge is 2.15. The van der Waals surface area contributed by atoms with Crippen molar-refractivity contribution in [1.82, 2.24) is 14.8 Å². The van der Waals surface area contributed by atoms with Crippen molar-refractivity contribution in [3.05, 3.63) is 71.0 Å². The summed E-state index contributed by atoms with van der Waals surface area (Å²) >= 11 is 5.53. The largest absolute Gasteiger partial charge is 0.326 e. The third kappa shape index (κ3) is 3.15. The van der Waals surface area contributed by atoms with Gasteiger partial charge in [0.05, 0.1) is 5.69 Å². The molecule has 27 heavy (non-hydrogen) atoms. The number of aromatic amines is 1. The van der Waals surface area contributed by atoms with Gasteiger partial charge in [-0.1, -0.05) is 36.4 Å². The Morgan fingerprint density at radius 1 is 1.11 bits per heavy atom. The molecule has 6 heteroatoms. The molecule has 3 aromatic carbocycles. The topological polar surface area (TPSA) is 62.7 Å². The summed E-state index contributed by atoms with van der Waals surface area (Å²) in [6.07, 6.45) is 0. The zero-order valence-electron chi connectivity index (χ0n) is 15.0. The lowest BCUT2D eigenvalue weighted by Crippen LogP contribution is -2.06. The Morgan fingerprint density at radius 2 is 1.89 bits per heavy atom. The summed E-state index contributed by atoms with van der Waals surface area (Å²) in [4.78, 5) is 11.3. The van der Waals surface area contributed by atoms with Gasteiger partial charge in [0.1, 0.15) is 0 Å². The lowest BCUT2D eigenvalue weighted by molar-refractivity contribution is -0.114. The van der Waals surface area contributed by atoms with Gasteiger partial charge in [-0.15, -0.1) is 0 Å². The Labute approximate surface area is 161 Å². The van der Waals surface area contributed by atoms with Crippen LogP contribution in [0, 0.1) is 11.7 Å². The second-order valence-corrected chi connectivity index (χ2v) is 6.78. The Balaban J connectivity index is 1.91. The third-order valence-corrected chi connectivity index (χ3v) is 4.74. The number of benzene rings is 3. The van der Waals surface area contributed by atoms with Gasteiger partial charge >= 0.3 is 0 Å². The Morgan fingerprint density at radius 3 is 2.67 bits per heavy atom. The maximum atomic E-state index is 11.3. The van der Waals surface area contributed by atoms with E-state index < -0.39 is 0 Å². The predicted octanol–water partition coefficient (Wildman–Crippen LogP) is 5.02. The monoisotopic (exact) mass is 374 g/mol. The molecule has 134 valence electrons. The average molecular weight is 374 g/mol. The molecule has 0 spiro atoms. The number of carbonyl (C=O) groups excluding carboxylic acids is 1. The smallest absolute Gasteiger partial charge is 0.221 e. The number of hydrogen-bond donors (Lipinski definition) is 2. The summed E-state index contributed by atoms with van der Waals surface area (Å²) < 4.78 is 2.49. The lowest BCUT2D eigenvalue weighted by Gasteiger charge is -2.13. The van der Waals surface area contributed by atoms with Crippen molar-refractivity contribution in [2.45, 2.75) is 13.8 Å². The summed E-state index contributed by atoms with van der Waals surface area (Å²) in [6, 6.07) is 20.1. The van der Waals surface area contributed by atoms with Crippen LogP contribution >= 0.6 is 12.2 Å². The van der Waals surface area contributed by atoms with Crippen LogP contribution in [0.4, 0.5) is 5.69 Å². The van der Waals surface area contributed by atoms with E-state index in [0.717, 1.165) is 39.1 Å². The normalized spacial score (nSPS) is 10.9. The molecule has 4 aromatic rings. The zero-order chi connectivity index (χ0) is 19.0. The SMILES string of the molecule is CC(=O)Nc1ccc(-c2n[nH]c(=S)n2-c2cccc3ccccc23)c(C)c1. The van der Waals surface area contributed by atoms with Crippen LogP contribution < -0.4 is 5.32 Å². The second-order valence-electron chi connectivity index (χ2n) is 6.40. The van der Waals surface area contributed by atoms with Crippen molar-refractivity contribution in [2.24, 2.45) is 0 Å². The Bertz CT molecular complexity index is 1220. The third-order valence-electron chi connectivity index (χ3n) is 4.47. The van der Waals surface area contributed by atoms with Crippen molar-refractivity contribution in [3.63, 3.8) is 0 Å². The highest BCUT2D eigenvalue weighted by Crippen LogP contribution is 2.30. The van der Waals surface area contributed by atoms with Crippen LogP contribution in [0.2, 0.25) is 0 Å².